The molecule has 0 unspecified atom stereocenters. The maximum atomic E-state index is 14.2. The third-order valence-corrected chi connectivity index (χ3v) is 9.81. The minimum atomic E-state index is -0.684. The van der Waals surface area contributed by atoms with E-state index >= 15 is 0 Å². The number of hydroxylamine groups is 2. The van der Waals surface area contributed by atoms with Gasteiger partial charge in [-0.2, -0.15) is 0 Å². The molecule has 0 saturated carbocycles. The average Bonchev–Trinajstić information content (AvgIpc) is 3.33. The quantitative estimate of drug-likeness (QED) is 0.469. The summed E-state index contributed by atoms with van der Waals surface area (Å²) in [4.78, 5) is 62.3. The second-order valence-corrected chi connectivity index (χ2v) is 12.5. The van der Waals surface area contributed by atoms with Crippen molar-refractivity contribution in [1.29, 1.82) is 0 Å². The monoisotopic (exact) mass is 584 g/mol. The van der Waals surface area contributed by atoms with Crippen LogP contribution in [0.15, 0.2) is 12.1 Å². The van der Waals surface area contributed by atoms with Crippen LogP contribution in [0.4, 0.5) is 22.7 Å². The van der Waals surface area contributed by atoms with Gasteiger partial charge < -0.3 is 19.4 Å². The Kier molecular flexibility index (Phi) is 6.34. The third kappa shape index (κ3) is 4.28. The van der Waals surface area contributed by atoms with E-state index < -0.39 is 17.8 Å². The molecule has 0 aromatic heterocycles. The molecule has 2 aromatic rings. The first kappa shape index (κ1) is 26.5. The average molecular weight is 585 g/mol. The van der Waals surface area contributed by atoms with Gasteiger partial charge in [-0.25, -0.2) is 4.79 Å². The van der Waals surface area contributed by atoms with Gasteiger partial charge >= 0.3 is 5.97 Å². The van der Waals surface area contributed by atoms with Gasteiger partial charge in [0.25, 0.3) is 11.8 Å². The fraction of sp³-hybridized carbons (Fsp3) is 0.515. The van der Waals surface area contributed by atoms with E-state index in [9.17, 15) is 19.2 Å². The Hall–Kier alpha value is -4.08. The number of carbonyl (C=O) groups excluding carboxylic acids is 4. The second-order valence-electron chi connectivity index (χ2n) is 12.5. The van der Waals surface area contributed by atoms with Crippen molar-refractivity contribution in [3.63, 3.8) is 0 Å². The fourth-order valence-corrected chi connectivity index (χ4v) is 7.99. The number of ether oxygens (including phenoxy) is 1. The van der Waals surface area contributed by atoms with Crippen LogP contribution in [0.1, 0.15) is 80.0 Å². The summed E-state index contributed by atoms with van der Waals surface area (Å²) in [7, 11) is 0. The van der Waals surface area contributed by atoms with E-state index in [-0.39, 0.29) is 38.0 Å². The molecule has 0 atom stereocenters. The maximum Gasteiger partial charge on any atom is 0.333 e. The van der Waals surface area contributed by atoms with Crippen LogP contribution in [0.3, 0.4) is 0 Å². The zero-order valence-corrected chi connectivity index (χ0v) is 24.4. The van der Waals surface area contributed by atoms with E-state index in [1.807, 2.05) is 4.90 Å². The first-order valence-corrected chi connectivity index (χ1v) is 15.9. The Morgan fingerprint density at radius 2 is 1.21 bits per heavy atom. The number of rotatable bonds is 5. The summed E-state index contributed by atoms with van der Waals surface area (Å²) in [6, 6.07) is 4.34. The normalized spacial score (nSPS) is 19.8. The predicted molar refractivity (Wildman–Crippen MR) is 159 cm³/mol. The Morgan fingerprint density at radius 1 is 0.698 bits per heavy atom. The van der Waals surface area contributed by atoms with Crippen molar-refractivity contribution in [2.75, 3.05) is 40.9 Å². The van der Waals surface area contributed by atoms with Crippen molar-refractivity contribution in [1.82, 2.24) is 5.06 Å². The highest BCUT2D eigenvalue weighted by Crippen LogP contribution is 2.57. The molecule has 43 heavy (non-hydrogen) atoms. The molecule has 0 aliphatic carbocycles. The molecule has 8 rings (SSSR count). The first-order valence-electron chi connectivity index (χ1n) is 15.9. The lowest BCUT2D eigenvalue weighted by atomic mass is 9.87. The number of anilines is 4. The SMILES string of the molecule is O=C(CCCC(=O)N1c2cc3c4c(c2Oc2c1cc1c5c2CCCN5CCC1)CCCN4CCC3)ON1C(=O)CCC1=O. The topological polar surface area (TPSA) is 99.7 Å². The molecular formula is C33H36N4O6. The van der Waals surface area contributed by atoms with E-state index in [0.29, 0.717) is 5.06 Å². The molecule has 6 aliphatic rings. The molecule has 0 bridgehead atoms. The van der Waals surface area contributed by atoms with E-state index in [2.05, 4.69) is 21.9 Å². The van der Waals surface area contributed by atoms with E-state index in [0.717, 1.165) is 100 Å². The molecule has 2 aromatic carbocycles. The smallest absolute Gasteiger partial charge is 0.333 e. The highest BCUT2D eigenvalue weighted by Gasteiger charge is 2.40. The number of amides is 3. The third-order valence-electron chi connectivity index (χ3n) is 9.81. The maximum absolute atomic E-state index is 14.2. The van der Waals surface area contributed by atoms with Crippen LogP contribution in [-0.2, 0) is 49.7 Å². The summed E-state index contributed by atoms with van der Waals surface area (Å²) < 4.78 is 6.95. The summed E-state index contributed by atoms with van der Waals surface area (Å²) in [5.41, 5.74) is 9.19. The minimum absolute atomic E-state index is 0.0490. The Bertz CT molecular complexity index is 1480. The van der Waals surface area contributed by atoms with Gasteiger partial charge in [-0.3, -0.25) is 19.3 Å². The van der Waals surface area contributed by atoms with Gasteiger partial charge in [0.15, 0.2) is 11.5 Å². The largest absolute Gasteiger partial charge is 0.452 e. The van der Waals surface area contributed by atoms with Crippen molar-refractivity contribution < 1.29 is 28.8 Å². The van der Waals surface area contributed by atoms with Crippen molar-refractivity contribution in [2.45, 2.75) is 83.5 Å². The van der Waals surface area contributed by atoms with Crippen LogP contribution < -0.4 is 19.4 Å². The van der Waals surface area contributed by atoms with Crippen LogP contribution in [0.5, 0.6) is 11.5 Å². The lowest BCUT2D eigenvalue weighted by molar-refractivity contribution is -0.197. The predicted octanol–water partition coefficient (Wildman–Crippen LogP) is 4.63. The standard InChI is InChI=1S/C33H36N4O6/c38-26(10-1-11-29(41)43-37-27(39)12-13-28(37)40)36-24-18-20-6-2-14-34-16-4-8-22(30(20)34)32(24)42-33-23-9-5-17-35-15-3-7-21(31(23)35)19-25(33)36/h18-19H,1-17H2. The highest BCUT2D eigenvalue weighted by molar-refractivity contribution is 6.07. The molecule has 0 spiro atoms. The Labute approximate surface area is 250 Å². The van der Waals surface area contributed by atoms with Gasteiger partial charge in [0.1, 0.15) is 0 Å². The van der Waals surface area contributed by atoms with Crippen LogP contribution in [0, 0.1) is 0 Å². The summed E-state index contributed by atoms with van der Waals surface area (Å²) in [5, 5.41) is 0.564. The van der Waals surface area contributed by atoms with Crippen molar-refractivity contribution in [2.24, 2.45) is 0 Å². The number of hydrogen-bond acceptors (Lipinski definition) is 8. The van der Waals surface area contributed by atoms with Crippen molar-refractivity contribution in [3.05, 3.63) is 34.4 Å². The number of hydrogen-bond donors (Lipinski definition) is 0. The number of nitrogens with zero attached hydrogens (tertiary/aromatic N) is 4. The molecule has 1 fully saturated rings. The number of imide groups is 1. The molecular weight excluding hydrogens is 548 g/mol. The highest BCUT2D eigenvalue weighted by atomic mass is 16.7. The molecule has 0 radical (unpaired) electrons. The lowest BCUT2D eigenvalue weighted by Crippen LogP contribution is -2.37. The molecule has 0 N–H and O–H groups in total. The number of fused-ring (bicyclic) bond motifs is 4. The van der Waals surface area contributed by atoms with Gasteiger partial charge in [0.2, 0.25) is 5.91 Å². The van der Waals surface area contributed by atoms with Gasteiger partial charge in [-0.15, -0.1) is 5.06 Å². The fourth-order valence-electron chi connectivity index (χ4n) is 7.99. The van der Waals surface area contributed by atoms with E-state index in [4.69, 9.17) is 9.57 Å². The molecule has 6 aliphatic heterocycles. The molecule has 1 saturated heterocycles. The number of aryl methyl sites for hydroxylation is 2. The molecule has 10 heteroatoms. The summed E-state index contributed by atoms with van der Waals surface area (Å²) in [5.74, 6) is -0.184. The lowest BCUT2D eigenvalue weighted by Gasteiger charge is -2.43. The zero-order chi connectivity index (χ0) is 29.2. The van der Waals surface area contributed by atoms with Gasteiger partial charge in [-0.05, 0) is 81.0 Å². The first-order chi connectivity index (χ1) is 21.0. The van der Waals surface area contributed by atoms with Crippen LogP contribution in [0.25, 0.3) is 0 Å². The van der Waals surface area contributed by atoms with Crippen LogP contribution in [0.2, 0.25) is 0 Å². The van der Waals surface area contributed by atoms with Gasteiger partial charge in [-0.1, -0.05) is 0 Å². The Morgan fingerprint density at radius 3 is 1.74 bits per heavy atom. The Balaban J connectivity index is 1.15. The van der Waals surface area contributed by atoms with E-state index in [1.165, 1.54) is 33.6 Å². The summed E-state index contributed by atoms with van der Waals surface area (Å²) in [6.07, 6.45) is 8.49. The van der Waals surface area contributed by atoms with Crippen molar-refractivity contribution in [3.8, 4) is 11.5 Å². The van der Waals surface area contributed by atoms with Crippen LogP contribution >= 0.6 is 0 Å². The number of benzene rings is 2. The van der Waals surface area contributed by atoms with Gasteiger partial charge in [0, 0.05) is 74.4 Å². The van der Waals surface area contributed by atoms with E-state index in [1.54, 1.807) is 0 Å². The molecule has 6 heterocycles. The summed E-state index contributed by atoms with van der Waals surface area (Å²) in [6.45, 7) is 4.21. The molecule has 3 amide bonds. The molecule has 224 valence electrons. The van der Waals surface area contributed by atoms with Crippen LogP contribution in [-0.4, -0.2) is 54.9 Å². The zero-order valence-electron chi connectivity index (χ0n) is 24.4. The second kappa shape index (κ2) is 10.3. The summed E-state index contributed by atoms with van der Waals surface area (Å²) >= 11 is 0. The minimum Gasteiger partial charge on any atom is -0.452 e. The molecule has 10 nitrogen and oxygen atoms in total. The van der Waals surface area contributed by atoms with Crippen molar-refractivity contribution >= 4 is 46.4 Å². The number of carbonyl (C=O) groups is 4. The van der Waals surface area contributed by atoms with Gasteiger partial charge in [0.05, 0.1) is 11.4 Å².